The normalized spacial score (nSPS) is 11.7. The van der Waals surface area contributed by atoms with Gasteiger partial charge in [-0.1, -0.05) is 17.3 Å². The van der Waals surface area contributed by atoms with Crippen molar-refractivity contribution in [2.45, 2.75) is 6.54 Å². The summed E-state index contributed by atoms with van der Waals surface area (Å²) in [6, 6.07) is 9.70. The Hall–Kier alpha value is -3.35. The maximum absolute atomic E-state index is 12.6. The van der Waals surface area contributed by atoms with Crippen molar-refractivity contribution in [3.8, 4) is 12.3 Å². The highest BCUT2D eigenvalue weighted by Crippen LogP contribution is 2.23. The maximum atomic E-state index is 12.6. The molecule has 0 saturated carbocycles. The van der Waals surface area contributed by atoms with Gasteiger partial charge in [-0.25, -0.2) is 4.98 Å². The monoisotopic (exact) mass is 394 g/mol. The van der Waals surface area contributed by atoms with E-state index in [0.29, 0.717) is 15.9 Å². The molecule has 0 aliphatic carbocycles. The van der Waals surface area contributed by atoms with Crippen LogP contribution >= 0.6 is 22.7 Å². The second-order valence-corrected chi connectivity index (χ2v) is 7.43. The van der Waals surface area contributed by atoms with Crippen LogP contribution in [0.3, 0.4) is 0 Å². The van der Waals surface area contributed by atoms with Crippen molar-refractivity contribution in [1.29, 1.82) is 0 Å². The first-order chi connectivity index (χ1) is 13.1. The lowest BCUT2D eigenvalue weighted by atomic mass is 10.2. The van der Waals surface area contributed by atoms with Gasteiger partial charge >= 0.3 is 0 Å². The summed E-state index contributed by atoms with van der Waals surface area (Å²) >= 11 is 2.71. The number of nitro benzene ring substituents is 1. The number of aromatic nitrogens is 2. The lowest BCUT2D eigenvalue weighted by Crippen LogP contribution is -2.16. The predicted molar refractivity (Wildman–Crippen MR) is 105 cm³/mol. The molecule has 0 bridgehead atoms. The first kappa shape index (κ1) is 17.1. The SMILES string of the molecule is C#CCn1c(=NC(=O)c2ccc3ncsc3c2)sc2ccc([N+](=O)[O-])cc21. The van der Waals surface area contributed by atoms with Crippen LogP contribution in [0.15, 0.2) is 46.9 Å². The van der Waals surface area contributed by atoms with Gasteiger partial charge in [0.15, 0.2) is 4.80 Å². The Morgan fingerprint density at radius 2 is 2.15 bits per heavy atom. The molecule has 2 aromatic heterocycles. The molecule has 0 atom stereocenters. The van der Waals surface area contributed by atoms with Crippen LogP contribution in [0, 0.1) is 22.5 Å². The minimum Gasteiger partial charge on any atom is -0.304 e. The minimum atomic E-state index is -0.469. The average Bonchev–Trinajstić information content (AvgIpc) is 3.25. The predicted octanol–water partition coefficient (Wildman–Crippen LogP) is 3.60. The summed E-state index contributed by atoms with van der Waals surface area (Å²) in [5.41, 5.74) is 3.53. The molecule has 0 N–H and O–H groups in total. The van der Waals surface area contributed by atoms with Gasteiger partial charge in [0, 0.05) is 17.7 Å². The third-order valence-electron chi connectivity index (χ3n) is 3.90. The quantitative estimate of drug-likeness (QED) is 0.302. The Bertz CT molecular complexity index is 1320. The van der Waals surface area contributed by atoms with E-state index < -0.39 is 10.8 Å². The number of benzene rings is 2. The Kier molecular flexibility index (Phi) is 4.27. The number of hydrogen-bond donors (Lipinski definition) is 0. The lowest BCUT2D eigenvalue weighted by Gasteiger charge is -2.00. The molecule has 0 fully saturated rings. The summed E-state index contributed by atoms with van der Waals surface area (Å²) in [6.45, 7) is 0.154. The number of thiazole rings is 2. The fraction of sp³-hybridized carbons (Fsp3) is 0.0556. The smallest absolute Gasteiger partial charge is 0.279 e. The fourth-order valence-corrected chi connectivity index (χ4v) is 4.36. The van der Waals surface area contributed by atoms with E-state index in [9.17, 15) is 14.9 Å². The molecular formula is C18H10N4O3S2. The number of carbonyl (C=O) groups excluding carboxylic acids is 1. The first-order valence-corrected chi connectivity index (χ1v) is 9.40. The summed E-state index contributed by atoms with van der Waals surface area (Å²) < 4.78 is 3.30. The standard InChI is InChI=1S/C18H10N4O3S2/c1-2-7-21-14-9-12(22(24)25)4-6-15(14)27-18(21)20-17(23)11-3-5-13-16(8-11)26-10-19-13/h1,3-6,8-10H,7H2. The molecule has 0 spiro atoms. The van der Waals surface area contributed by atoms with Gasteiger partial charge in [0.05, 0.1) is 37.4 Å². The third-order valence-corrected chi connectivity index (χ3v) is 5.75. The summed E-state index contributed by atoms with van der Waals surface area (Å²) in [5.74, 6) is 2.10. The van der Waals surface area contributed by atoms with Gasteiger partial charge in [0.1, 0.15) is 0 Å². The van der Waals surface area contributed by atoms with Gasteiger partial charge in [0.2, 0.25) is 0 Å². The number of non-ortho nitro benzene ring substituents is 1. The van der Waals surface area contributed by atoms with E-state index in [4.69, 9.17) is 6.42 Å². The molecule has 7 nitrogen and oxygen atoms in total. The highest BCUT2D eigenvalue weighted by atomic mass is 32.1. The van der Waals surface area contributed by atoms with Crippen molar-refractivity contribution in [3.05, 3.63) is 62.4 Å². The number of fused-ring (bicyclic) bond motifs is 2. The summed E-state index contributed by atoms with van der Waals surface area (Å²) in [7, 11) is 0. The third kappa shape index (κ3) is 3.12. The topological polar surface area (TPSA) is 90.4 Å². The number of nitro groups is 1. The molecule has 0 saturated heterocycles. The van der Waals surface area contributed by atoms with Gasteiger partial charge in [-0.2, -0.15) is 4.99 Å². The molecular weight excluding hydrogens is 384 g/mol. The van der Waals surface area contributed by atoms with Gasteiger partial charge in [-0.05, 0) is 24.3 Å². The Morgan fingerprint density at radius 1 is 1.30 bits per heavy atom. The Labute approximate surface area is 160 Å². The molecule has 2 aromatic carbocycles. The van der Waals surface area contributed by atoms with Crippen molar-refractivity contribution < 1.29 is 9.72 Å². The van der Waals surface area contributed by atoms with Crippen LogP contribution in [0.25, 0.3) is 20.4 Å². The van der Waals surface area contributed by atoms with Crippen LogP contribution in [0.2, 0.25) is 0 Å². The molecule has 0 aliphatic rings. The second-order valence-electron chi connectivity index (χ2n) is 5.54. The molecule has 132 valence electrons. The summed E-state index contributed by atoms with van der Waals surface area (Å²) in [4.78, 5) is 32.0. The number of nitrogens with zero attached hydrogens (tertiary/aromatic N) is 4. The zero-order chi connectivity index (χ0) is 19.0. The number of hydrogen-bond acceptors (Lipinski definition) is 6. The van der Waals surface area contributed by atoms with Crippen molar-refractivity contribution in [2.24, 2.45) is 4.99 Å². The van der Waals surface area contributed by atoms with Gasteiger partial charge in [0.25, 0.3) is 11.6 Å². The van der Waals surface area contributed by atoms with Crippen LogP contribution in [0.4, 0.5) is 5.69 Å². The van der Waals surface area contributed by atoms with Crippen LogP contribution < -0.4 is 4.80 Å². The molecule has 0 radical (unpaired) electrons. The largest absolute Gasteiger partial charge is 0.304 e. The lowest BCUT2D eigenvalue weighted by molar-refractivity contribution is -0.384. The molecule has 0 aliphatic heterocycles. The van der Waals surface area contributed by atoms with Crippen LogP contribution in [0.1, 0.15) is 10.4 Å². The van der Waals surface area contributed by atoms with Crippen LogP contribution in [-0.4, -0.2) is 20.4 Å². The van der Waals surface area contributed by atoms with E-state index in [0.717, 1.165) is 14.9 Å². The zero-order valence-corrected chi connectivity index (χ0v) is 15.3. The highest BCUT2D eigenvalue weighted by Gasteiger charge is 2.13. The molecule has 9 heteroatoms. The minimum absolute atomic E-state index is 0.0420. The first-order valence-electron chi connectivity index (χ1n) is 7.70. The van der Waals surface area contributed by atoms with E-state index in [1.54, 1.807) is 34.3 Å². The number of terminal acetylenes is 1. The molecule has 4 aromatic rings. The van der Waals surface area contributed by atoms with E-state index in [1.807, 2.05) is 0 Å². The second kappa shape index (κ2) is 6.75. The molecule has 1 amide bonds. The highest BCUT2D eigenvalue weighted by molar-refractivity contribution is 7.17. The van der Waals surface area contributed by atoms with E-state index in [-0.39, 0.29) is 12.2 Å². The van der Waals surface area contributed by atoms with Crippen molar-refractivity contribution in [1.82, 2.24) is 9.55 Å². The summed E-state index contributed by atoms with van der Waals surface area (Å²) in [6.07, 6.45) is 5.44. The molecule has 27 heavy (non-hydrogen) atoms. The number of amides is 1. The Balaban J connectivity index is 1.85. The van der Waals surface area contributed by atoms with Crippen LogP contribution in [0.5, 0.6) is 0 Å². The molecule has 0 unspecified atom stereocenters. The number of rotatable bonds is 3. The van der Waals surface area contributed by atoms with Gasteiger partial charge < -0.3 is 4.57 Å². The average molecular weight is 394 g/mol. The van der Waals surface area contributed by atoms with Crippen molar-refractivity contribution in [2.75, 3.05) is 0 Å². The molecule has 4 rings (SSSR count). The van der Waals surface area contributed by atoms with E-state index in [1.165, 1.54) is 34.8 Å². The van der Waals surface area contributed by atoms with Gasteiger partial charge in [-0.3, -0.25) is 14.9 Å². The molecule has 2 heterocycles. The number of carbonyl (C=O) groups is 1. The van der Waals surface area contributed by atoms with E-state index >= 15 is 0 Å². The van der Waals surface area contributed by atoms with E-state index in [2.05, 4.69) is 15.9 Å². The van der Waals surface area contributed by atoms with Crippen molar-refractivity contribution >= 4 is 54.7 Å². The van der Waals surface area contributed by atoms with Crippen LogP contribution in [-0.2, 0) is 6.54 Å². The van der Waals surface area contributed by atoms with Crippen molar-refractivity contribution in [3.63, 3.8) is 0 Å². The fourth-order valence-electron chi connectivity index (χ4n) is 2.64. The summed E-state index contributed by atoms with van der Waals surface area (Å²) in [5, 5.41) is 11.0. The zero-order valence-electron chi connectivity index (χ0n) is 13.7. The Morgan fingerprint density at radius 3 is 2.93 bits per heavy atom. The maximum Gasteiger partial charge on any atom is 0.279 e. The van der Waals surface area contributed by atoms with Gasteiger partial charge in [-0.15, -0.1) is 17.8 Å².